The molecule has 72 valence electrons. The molecule has 0 bridgehead atoms. The molecule has 0 radical (unpaired) electrons. The van der Waals surface area contributed by atoms with E-state index in [2.05, 4.69) is 28.3 Å². The summed E-state index contributed by atoms with van der Waals surface area (Å²) in [6, 6.07) is 0.602. The second kappa shape index (κ2) is 3.03. The molecule has 1 aliphatic rings. The number of nitrogens with two attached hydrogens (primary N) is 1. The van der Waals surface area contributed by atoms with E-state index in [1.807, 2.05) is 6.20 Å². The Morgan fingerprint density at radius 3 is 2.92 bits per heavy atom. The Bertz CT molecular complexity index is 303. The summed E-state index contributed by atoms with van der Waals surface area (Å²) in [6.07, 6.45) is 1.88. The van der Waals surface area contributed by atoms with E-state index >= 15 is 0 Å². The molecule has 0 aliphatic carbocycles. The first-order valence-corrected chi connectivity index (χ1v) is 4.72. The lowest BCUT2D eigenvalue weighted by Crippen LogP contribution is -2.38. The lowest BCUT2D eigenvalue weighted by Gasteiger charge is -2.31. The van der Waals surface area contributed by atoms with Gasteiger partial charge in [-0.2, -0.15) is 0 Å². The lowest BCUT2D eigenvalue weighted by atomic mass is 10.2. The zero-order valence-electron chi connectivity index (χ0n) is 8.20. The Balaban J connectivity index is 2.21. The normalized spacial score (nSPS) is 17.8. The monoisotopic (exact) mass is 180 g/mol. The summed E-state index contributed by atoms with van der Waals surface area (Å²) < 4.78 is 2.10. The third kappa shape index (κ3) is 1.42. The van der Waals surface area contributed by atoms with Crippen molar-refractivity contribution in [3.05, 3.63) is 11.9 Å². The summed E-state index contributed by atoms with van der Waals surface area (Å²) in [6.45, 7) is 7.46. The van der Waals surface area contributed by atoms with Crippen LogP contribution in [-0.2, 0) is 13.1 Å². The van der Waals surface area contributed by atoms with Crippen LogP contribution in [0.15, 0.2) is 6.20 Å². The fourth-order valence-corrected chi connectivity index (χ4v) is 1.77. The van der Waals surface area contributed by atoms with Crippen LogP contribution in [0.3, 0.4) is 0 Å². The molecule has 4 nitrogen and oxygen atoms in total. The molecule has 2 N–H and O–H groups in total. The SMILES string of the molecule is CC(C)N1CCn2c(cnc2N)C1. The van der Waals surface area contributed by atoms with Crippen LogP contribution in [0, 0.1) is 0 Å². The van der Waals surface area contributed by atoms with E-state index in [0.717, 1.165) is 19.6 Å². The standard InChI is InChI=1S/C9H16N4/c1-7(2)12-3-4-13-8(6-12)5-11-9(13)10/h5,7H,3-4,6H2,1-2H3,(H2,10,11). The van der Waals surface area contributed by atoms with Crippen molar-refractivity contribution in [1.29, 1.82) is 0 Å². The zero-order chi connectivity index (χ0) is 9.42. The molecular weight excluding hydrogens is 164 g/mol. The largest absolute Gasteiger partial charge is 0.369 e. The topological polar surface area (TPSA) is 47.1 Å². The predicted molar refractivity (Wildman–Crippen MR) is 52.2 cm³/mol. The highest BCUT2D eigenvalue weighted by Crippen LogP contribution is 2.17. The van der Waals surface area contributed by atoms with Crippen molar-refractivity contribution in [2.45, 2.75) is 33.0 Å². The van der Waals surface area contributed by atoms with Crippen LogP contribution in [-0.4, -0.2) is 27.0 Å². The van der Waals surface area contributed by atoms with Gasteiger partial charge in [0.1, 0.15) is 0 Å². The average Bonchev–Trinajstić information content (AvgIpc) is 2.47. The van der Waals surface area contributed by atoms with Gasteiger partial charge in [-0.3, -0.25) is 4.90 Å². The van der Waals surface area contributed by atoms with Crippen LogP contribution in [0.2, 0.25) is 0 Å². The number of imidazole rings is 1. The Kier molecular flexibility index (Phi) is 2.00. The molecular formula is C9H16N4. The number of hydrogen-bond acceptors (Lipinski definition) is 3. The van der Waals surface area contributed by atoms with Crippen LogP contribution < -0.4 is 5.73 Å². The van der Waals surface area contributed by atoms with Crippen LogP contribution >= 0.6 is 0 Å². The Morgan fingerprint density at radius 1 is 1.46 bits per heavy atom. The number of hydrogen-bond donors (Lipinski definition) is 1. The Hall–Kier alpha value is -1.03. The van der Waals surface area contributed by atoms with Crippen molar-refractivity contribution in [3.63, 3.8) is 0 Å². The number of nitrogen functional groups attached to an aromatic ring is 1. The molecule has 1 aromatic heterocycles. The smallest absolute Gasteiger partial charge is 0.200 e. The van der Waals surface area contributed by atoms with Crippen molar-refractivity contribution in [1.82, 2.24) is 14.5 Å². The third-order valence-corrected chi connectivity index (χ3v) is 2.68. The van der Waals surface area contributed by atoms with E-state index in [0.29, 0.717) is 12.0 Å². The molecule has 0 unspecified atom stereocenters. The number of nitrogens with zero attached hydrogens (tertiary/aromatic N) is 3. The summed E-state index contributed by atoms with van der Waals surface area (Å²) in [7, 11) is 0. The first kappa shape index (κ1) is 8.56. The van der Waals surface area contributed by atoms with Crippen molar-refractivity contribution >= 4 is 5.95 Å². The van der Waals surface area contributed by atoms with E-state index in [1.165, 1.54) is 5.69 Å². The van der Waals surface area contributed by atoms with Gasteiger partial charge in [-0.25, -0.2) is 4.98 Å². The van der Waals surface area contributed by atoms with Gasteiger partial charge in [-0.15, -0.1) is 0 Å². The van der Waals surface area contributed by atoms with Gasteiger partial charge >= 0.3 is 0 Å². The maximum Gasteiger partial charge on any atom is 0.200 e. The maximum absolute atomic E-state index is 5.72. The Morgan fingerprint density at radius 2 is 2.23 bits per heavy atom. The van der Waals surface area contributed by atoms with E-state index in [1.54, 1.807) is 0 Å². The molecule has 1 aromatic rings. The maximum atomic E-state index is 5.72. The summed E-state index contributed by atoms with van der Waals surface area (Å²) in [4.78, 5) is 6.53. The Labute approximate surface area is 78.4 Å². The lowest BCUT2D eigenvalue weighted by molar-refractivity contribution is 0.178. The number of fused-ring (bicyclic) bond motifs is 1. The van der Waals surface area contributed by atoms with Gasteiger partial charge in [-0.1, -0.05) is 0 Å². The van der Waals surface area contributed by atoms with Crippen molar-refractivity contribution in [3.8, 4) is 0 Å². The fourth-order valence-electron chi connectivity index (χ4n) is 1.77. The molecule has 0 aromatic carbocycles. The number of rotatable bonds is 1. The molecule has 0 amide bonds. The molecule has 2 heterocycles. The van der Waals surface area contributed by atoms with Crippen LogP contribution in [0.4, 0.5) is 5.95 Å². The van der Waals surface area contributed by atoms with E-state index < -0.39 is 0 Å². The average molecular weight is 180 g/mol. The quantitative estimate of drug-likeness (QED) is 0.691. The summed E-state index contributed by atoms with van der Waals surface area (Å²) in [5.74, 6) is 0.651. The van der Waals surface area contributed by atoms with E-state index in [4.69, 9.17) is 5.73 Å². The molecule has 1 aliphatic heterocycles. The molecule has 0 atom stereocenters. The van der Waals surface area contributed by atoms with Crippen molar-refractivity contribution in [2.24, 2.45) is 0 Å². The fraction of sp³-hybridized carbons (Fsp3) is 0.667. The second-order valence-electron chi connectivity index (χ2n) is 3.82. The number of aromatic nitrogens is 2. The van der Waals surface area contributed by atoms with Crippen molar-refractivity contribution in [2.75, 3.05) is 12.3 Å². The molecule has 4 heteroatoms. The van der Waals surface area contributed by atoms with Gasteiger partial charge in [-0.05, 0) is 13.8 Å². The van der Waals surface area contributed by atoms with E-state index in [9.17, 15) is 0 Å². The van der Waals surface area contributed by atoms with Gasteiger partial charge in [0.15, 0.2) is 5.95 Å². The predicted octanol–water partition coefficient (Wildman–Crippen LogP) is 0.689. The third-order valence-electron chi connectivity index (χ3n) is 2.68. The summed E-state index contributed by atoms with van der Waals surface area (Å²) in [5, 5.41) is 0. The highest BCUT2D eigenvalue weighted by Gasteiger charge is 2.19. The summed E-state index contributed by atoms with van der Waals surface area (Å²) in [5.41, 5.74) is 6.95. The zero-order valence-corrected chi connectivity index (χ0v) is 8.20. The molecule has 0 saturated heterocycles. The minimum absolute atomic E-state index is 0.602. The van der Waals surface area contributed by atoms with Crippen LogP contribution in [0.5, 0.6) is 0 Å². The molecule has 13 heavy (non-hydrogen) atoms. The second-order valence-corrected chi connectivity index (χ2v) is 3.82. The minimum Gasteiger partial charge on any atom is -0.369 e. The molecule has 0 spiro atoms. The van der Waals surface area contributed by atoms with Gasteiger partial charge < -0.3 is 10.3 Å². The van der Waals surface area contributed by atoms with Crippen LogP contribution in [0.25, 0.3) is 0 Å². The highest BCUT2D eigenvalue weighted by atomic mass is 15.3. The van der Waals surface area contributed by atoms with Gasteiger partial charge in [0, 0.05) is 25.7 Å². The van der Waals surface area contributed by atoms with E-state index in [-0.39, 0.29) is 0 Å². The highest BCUT2D eigenvalue weighted by molar-refractivity contribution is 5.23. The van der Waals surface area contributed by atoms with Crippen LogP contribution in [0.1, 0.15) is 19.5 Å². The molecule has 2 rings (SSSR count). The van der Waals surface area contributed by atoms with Gasteiger partial charge in [0.25, 0.3) is 0 Å². The first-order chi connectivity index (χ1) is 6.18. The molecule has 0 fully saturated rings. The minimum atomic E-state index is 0.602. The number of anilines is 1. The van der Waals surface area contributed by atoms with Gasteiger partial charge in [0.05, 0.1) is 11.9 Å². The van der Waals surface area contributed by atoms with Gasteiger partial charge in [0.2, 0.25) is 0 Å². The summed E-state index contributed by atoms with van der Waals surface area (Å²) >= 11 is 0. The van der Waals surface area contributed by atoms with Crippen molar-refractivity contribution < 1.29 is 0 Å². The first-order valence-electron chi connectivity index (χ1n) is 4.72. The molecule has 0 saturated carbocycles.